The first-order chi connectivity index (χ1) is 7.63. The minimum absolute atomic E-state index is 0.0152. The van der Waals surface area contributed by atoms with E-state index in [2.05, 4.69) is 0 Å². The van der Waals surface area contributed by atoms with Crippen molar-refractivity contribution in [2.45, 2.75) is 19.4 Å². The molecule has 0 radical (unpaired) electrons. The number of ether oxygens (including phenoxy) is 2. The number of hydrogen-bond donors (Lipinski definition) is 1. The molecule has 6 nitrogen and oxygen atoms in total. The summed E-state index contributed by atoms with van der Waals surface area (Å²) in [7, 11) is 0. The molecule has 86 valence electrons. The van der Waals surface area contributed by atoms with E-state index in [1.807, 2.05) is 6.92 Å². The fourth-order valence-electron chi connectivity index (χ4n) is 1.62. The third kappa shape index (κ3) is 1.67. The summed E-state index contributed by atoms with van der Waals surface area (Å²) in [6.45, 7) is 1.97. The molecule has 16 heavy (non-hydrogen) atoms. The maximum absolute atomic E-state index is 10.9. The Labute approximate surface area is 92.1 Å². The van der Waals surface area contributed by atoms with Crippen molar-refractivity contribution in [1.82, 2.24) is 0 Å². The van der Waals surface area contributed by atoms with Crippen molar-refractivity contribution in [3.8, 4) is 11.5 Å². The summed E-state index contributed by atoms with van der Waals surface area (Å²) in [5, 5.41) is 10.9. The van der Waals surface area contributed by atoms with Crippen LogP contribution in [0.2, 0.25) is 0 Å². The van der Waals surface area contributed by atoms with Crippen molar-refractivity contribution in [2.75, 3.05) is 6.79 Å². The molecule has 0 saturated heterocycles. The Morgan fingerprint density at radius 1 is 1.50 bits per heavy atom. The van der Waals surface area contributed by atoms with Crippen LogP contribution in [0.1, 0.15) is 24.9 Å². The Bertz CT molecular complexity index is 433. The number of nitrogens with two attached hydrogens (primary N) is 1. The SMILES string of the molecule is CC[C@H](N)c1cc2c(cc1[N+](=O)[O-])OCO2. The van der Waals surface area contributed by atoms with E-state index in [0.717, 1.165) is 0 Å². The monoisotopic (exact) mass is 224 g/mol. The highest BCUT2D eigenvalue weighted by Gasteiger charge is 2.25. The van der Waals surface area contributed by atoms with E-state index >= 15 is 0 Å². The van der Waals surface area contributed by atoms with Crippen LogP contribution in [0.3, 0.4) is 0 Å². The van der Waals surface area contributed by atoms with Gasteiger partial charge in [0.2, 0.25) is 6.79 Å². The van der Waals surface area contributed by atoms with E-state index in [9.17, 15) is 10.1 Å². The molecule has 1 aromatic carbocycles. The van der Waals surface area contributed by atoms with Gasteiger partial charge in [0.05, 0.1) is 16.6 Å². The number of rotatable bonds is 3. The van der Waals surface area contributed by atoms with E-state index in [1.165, 1.54) is 6.07 Å². The van der Waals surface area contributed by atoms with Crippen molar-refractivity contribution >= 4 is 5.69 Å². The molecule has 0 aliphatic carbocycles. The third-order valence-electron chi connectivity index (χ3n) is 2.56. The van der Waals surface area contributed by atoms with E-state index in [0.29, 0.717) is 23.5 Å². The van der Waals surface area contributed by atoms with Gasteiger partial charge in [0.15, 0.2) is 11.5 Å². The number of nitro groups is 1. The van der Waals surface area contributed by atoms with Gasteiger partial charge in [-0.1, -0.05) is 6.92 Å². The summed E-state index contributed by atoms with van der Waals surface area (Å²) in [4.78, 5) is 10.4. The average molecular weight is 224 g/mol. The summed E-state index contributed by atoms with van der Waals surface area (Å²) >= 11 is 0. The van der Waals surface area contributed by atoms with Gasteiger partial charge in [0.25, 0.3) is 5.69 Å². The van der Waals surface area contributed by atoms with E-state index in [-0.39, 0.29) is 18.5 Å². The lowest BCUT2D eigenvalue weighted by molar-refractivity contribution is -0.385. The zero-order valence-electron chi connectivity index (χ0n) is 8.80. The van der Waals surface area contributed by atoms with Crippen LogP contribution < -0.4 is 15.2 Å². The molecule has 1 atom stereocenters. The van der Waals surface area contributed by atoms with Crippen LogP contribution in [-0.4, -0.2) is 11.7 Å². The maximum Gasteiger partial charge on any atom is 0.278 e. The van der Waals surface area contributed by atoms with E-state index < -0.39 is 4.92 Å². The first kappa shape index (κ1) is 10.7. The number of benzene rings is 1. The van der Waals surface area contributed by atoms with Crippen LogP contribution in [-0.2, 0) is 0 Å². The molecule has 1 heterocycles. The summed E-state index contributed by atoms with van der Waals surface area (Å²) in [6.07, 6.45) is 0.625. The van der Waals surface area contributed by atoms with Crippen LogP contribution in [0.4, 0.5) is 5.69 Å². The number of hydrogen-bond acceptors (Lipinski definition) is 5. The normalized spacial score (nSPS) is 14.9. The Balaban J connectivity index is 2.53. The summed E-state index contributed by atoms with van der Waals surface area (Å²) in [6, 6.07) is 2.59. The van der Waals surface area contributed by atoms with Crippen LogP contribution in [0.5, 0.6) is 11.5 Å². The predicted octanol–water partition coefficient (Wildman–Crippen LogP) is 1.73. The second-order valence-electron chi connectivity index (χ2n) is 3.54. The zero-order valence-corrected chi connectivity index (χ0v) is 8.80. The second kappa shape index (κ2) is 3.97. The smallest absolute Gasteiger partial charge is 0.278 e. The van der Waals surface area contributed by atoms with Gasteiger partial charge in [0, 0.05) is 6.04 Å². The molecule has 0 bridgehead atoms. The van der Waals surface area contributed by atoms with Crippen molar-refractivity contribution in [1.29, 1.82) is 0 Å². The predicted molar refractivity (Wildman–Crippen MR) is 56.4 cm³/mol. The quantitative estimate of drug-likeness (QED) is 0.624. The lowest BCUT2D eigenvalue weighted by atomic mass is 10.0. The molecule has 2 rings (SSSR count). The number of nitro benzene ring substituents is 1. The van der Waals surface area contributed by atoms with Gasteiger partial charge in [-0.3, -0.25) is 10.1 Å². The minimum Gasteiger partial charge on any atom is -0.454 e. The van der Waals surface area contributed by atoms with Crippen molar-refractivity contribution in [3.05, 3.63) is 27.8 Å². The first-order valence-electron chi connectivity index (χ1n) is 4.97. The Morgan fingerprint density at radius 2 is 2.12 bits per heavy atom. The molecular formula is C10H12N2O4. The van der Waals surface area contributed by atoms with Gasteiger partial charge in [0.1, 0.15) is 0 Å². The molecule has 0 amide bonds. The van der Waals surface area contributed by atoms with Gasteiger partial charge >= 0.3 is 0 Å². The number of nitrogens with zero attached hydrogens (tertiary/aromatic N) is 1. The molecule has 1 aliphatic heterocycles. The van der Waals surface area contributed by atoms with Crippen molar-refractivity contribution < 1.29 is 14.4 Å². The average Bonchev–Trinajstić information content (AvgIpc) is 2.73. The lowest BCUT2D eigenvalue weighted by Gasteiger charge is -2.10. The van der Waals surface area contributed by atoms with Crippen LogP contribution in [0, 0.1) is 10.1 Å². The highest BCUT2D eigenvalue weighted by Crippen LogP contribution is 2.40. The molecular weight excluding hydrogens is 212 g/mol. The minimum atomic E-state index is -0.452. The van der Waals surface area contributed by atoms with E-state index in [4.69, 9.17) is 15.2 Å². The molecule has 0 fully saturated rings. The molecule has 6 heteroatoms. The molecule has 0 spiro atoms. The highest BCUT2D eigenvalue weighted by atomic mass is 16.7. The molecule has 2 N–H and O–H groups in total. The van der Waals surface area contributed by atoms with Gasteiger partial charge in [-0.2, -0.15) is 0 Å². The van der Waals surface area contributed by atoms with Gasteiger partial charge < -0.3 is 15.2 Å². The van der Waals surface area contributed by atoms with Crippen molar-refractivity contribution in [2.24, 2.45) is 5.73 Å². The second-order valence-corrected chi connectivity index (χ2v) is 3.54. The fraction of sp³-hybridized carbons (Fsp3) is 0.400. The maximum atomic E-state index is 10.9. The van der Waals surface area contributed by atoms with Crippen LogP contribution >= 0.6 is 0 Å². The number of fused-ring (bicyclic) bond motifs is 1. The van der Waals surface area contributed by atoms with Gasteiger partial charge in [-0.25, -0.2) is 0 Å². The third-order valence-corrected chi connectivity index (χ3v) is 2.56. The first-order valence-corrected chi connectivity index (χ1v) is 4.97. The molecule has 1 aliphatic rings. The Kier molecular flexibility index (Phi) is 2.66. The molecule has 1 aromatic rings. The Hall–Kier alpha value is -1.82. The molecule has 0 unspecified atom stereocenters. The summed E-state index contributed by atoms with van der Waals surface area (Å²) < 4.78 is 10.3. The zero-order chi connectivity index (χ0) is 11.7. The summed E-state index contributed by atoms with van der Waals surface area (Å²) in [5.41, 5.74) is 6.29. The largest absolute Gasteiger partial charge is 0.454 e. The highest BCUT2D eigenvalue weighted by molar-refractivity contribution is 5.56. The molecule has 0 saturated carbocycles. The van der Waals surface area contributed by atoms with Crippen LogP contribution in [0.25, 0.3) is 0 Å². The van der Waals surface area contributed by atoms with Gasteiger partial charge in [-0.05, 0) is 12.5 Å². The van der Waals surface area contributed by atoms with Crippen LogP contribution in [0.15, 0.2) is 12.1 Å². The standard InChI is InChI=1S/C10H12N2O4/c1-2-7(11)6-3-9-10(16-5-15-9)4-8(6)12(13)14/h3-4,7H,2,5,11H2,1H3/t7-/m0/s1. The molecule has 0 aromatic heterocycles. The van der Waals surface area contributed by atoms with E-state index in [1.54, 1.807) is 6.07 Å². The lowest BCUT2D eigenvalue weighted by Crippen LogP contribution is -2.11. The topological polar surface area (TPSA) is 87.6 Å². The Morgan fingerprint density at radius 3 is 2.69 bits per heavy atom. The fourth-order valence-corrected chi connectivity index (χ4v) is 1.62. The van der Waals surface area contributed by atoms with Gasteiger partial charge in [-0.15, -0.1) is 0 Å². The van der Waals surface area contributed by atoms with Crippen molar-refractivity contribution in [3.63, 3.8) is 0 Å². The summed E-state index contributed by atoms with van der Waals surface area (Å²) in [5.74, 6) is 0.920.